The van der Waals surface area contributed by atoms with Crippen LogP contribution in [0.3, 0.4) is 0 Å². The maximum atomic E-state index is 11.9. The lowest BCUT2D eigenvalue weighted by Crippen LogP contribution is -2.31. The monoisotopic (exact) mass is 352 g/mol. The molecule has 0 saturated carbocycles. The van der Waals surface area contributed by atoms with Gasteiger partial charge in [-0.25, -0.2) is 9.97 Å². The number of nitrogens with zero attached hydrogens (tertiary/aromatic N) is 2. The molecule has 1 amide bonds. The van der Waals surface area contributed by atoms with Crippen molar-refractivity contribution in [3.05, 3.63) is 51.8 Å². The first-order valence-electron chi connectivity index (χ1n) is 7.27. The zero-order valence-electron chi connectivity index (χ0n) is 12.9. The highest BCUT2D eigenvalue weighted by Crippen LogP contribution is 2.21. The van der Waals surface area contributed by atoms with E-state index in [0.29, 0.717) is 34.7 Å². The van der Waals surface area contributed by atoms with E-state index in [1.807, 2.05) is 19.9 Å². The standard InChI is InChI=1S/C16H18Cl2N4O/c1-10(2)21-15(23)14-6-8-20-16(22-14)19-7-5-11-3-4-12(17)9-13(11)18/h3-4,6,8-10H,5,7H2,1-2H3,(H,21,23)(H,19,20,22). The van der Waals surface area contributed by atoms with Crippen LogP contribution in [0.15, 0.2) is 30.5 Å². The SMILES string of the molecule is CC(C)NC(=O)c1ccnc(NCCc2ccc(Cl)cc2Cl)n1. The molecule has 0 saturated heterocycles. The Kier molecular flexibility index (Phi) is 6.19. The lowest BCUT2D eigenvalue weighted by Gasteiger charge is -2.09. The number of hydrogen-bond donors (Lipinski definition) is 2. The molecule has 0 aliphatic heterocycles. The minimum Gasteiger partial charge on any atom is -0.354 e. The minimum atomic E-state index is -0.216. The van der Waals surface area contributed by atoms with Crippen molar-refractivity contribution >= 4 is 35.1 Å². The lowest BCUT2D eigenvalue weighted by atomic mass is 10.1. The van der Waals surface area contributed by atoms with Gasteiger partial charge in [0.1, 0.15) is 5.69 Å². The van der Waals surface area contributed by atoms with Crippen LogP contribution in [0.2, 0.25) is 10.0 Å². The van der Waals surface area contributed by atoms with Gasteiger partial charge in [0, 0.05) is 28.8 Å². The highest BCUT2D eigenvalue weighted by atomic mass is 35.5. The van der Waals surface area contributed by atoms with E-state index in [0.717, 1.165) is 5.56 Å². The highest BCUT2D eigenvalue weighted by Gasteiger charge is 2.09. The van der Waals surface area contributed by atoms with Crippen LogP contribution < -0.4 is 10.6 Å². The highest BCUT2D eigenvalue weighted by molar-refractivity contribution is 6.35. The molecule has 0 aliphatic rings. The van der Waals surface area contributed by atoms with Gasteiger partial charge in [-0.3, -0.25) is 4.79 Å². The quantitative estimate of drug-likeness (QED) is 0.833. The number of hydrogen-bond acceptors (Lipinski definition) is 4. The molecule has 0 radical (unpaired) electrons. The Balaban J connectivity index is 1.94. The third-order valence-electron chi connectivity index (χ3n) is 3.00. The third kappa shape index (κ3) is 5.37. The van der Waals surface area contributed by atoms with Crippen LogP contribution in [0, 0.1) is 0 Å². The predicted octanol–water partition coefficient (Wildman–Crippen LogP) is 3.58. The van der Waals surface area contributed by atoms with Crippen molar-refractivity contribution in [2.45, 2.75) is 26.3 Å². The average Bonchev–Trinajstić information content (AvgIpc) is 2.49. The number of carbonyl (C=O) groups is 1. The molecule has 0 atom stereocenters. The smallest absolute Gasteiger partial charge is 0.270 e. The van der Waals surface area contributed by atoms with E-state index < -0.39 is 0 Å². The van der Waals surface area contributed by atoms with Gasteiger partial charge in [0.05, 0.1) is 0 Å². The molecular formula is C16H18Cl2N4O. The van der Waals surface area contributed by atoms with Crippen LogP contribution in [0.1, 0.15) is 29.9 Å². The van der Waals surface area contributed by atoms with Crippen molar-refractivity contribution in [2.75, 3.05) is 11.9 Å². The molecule has 122 valence electrons. The van der Waals surface area contributed by atoms with E-state index in [1.165, 1.54) is 0 Å². The number of nitrogens with one attached hydrogen (secondary N) is 2. The Morgan fingerprint density at radius 1 is 1.26 bits per heavy atom. The summed E-state index contributed by atoms with van der Waals surface area (Å²) in [6.07, 6.45) is 2.25. The molecule has 1 heterocycles. The molecule has 23 heavy (non-hydrogen) atoms. The summed E-state index contributed by atoms with van der Waals surface area (Å²) in [6, 6.07) is 7.04. The predicted molar refractivity (Wildman–Crippen MR) is 93.3 cm³/mol. The number of anilines is 1. The molecule has 0 unspecified atom stereocenters. The topological polar surface area (TPSA) is 66.9 Å². The van der Waals surface area contributed by atoms with Gasteiger partial charge < -0.3 is 10.6 Å². The second-order valence-electron chi connectivity index (χ2n) is 5.31. The van der Waals surface area contributed by atoms with E-state index >= 15 is 0 Å². The van der Waals surface area contributed by atoms with Crippen LogP contribution in [0.4, 0.5) is 5.95 Å². The van der Waals surface area contributed by atoms with Gasteiger partial charge in [-0.05, 0) is 44.0 Å². The van der Waals surface area contributed by atoms with Crippen molar-refractivity contribution in [3.8, 4) is 0 Å². The van der Waals surface area contributed by atoms with Gasteiger partial charge >= 0.3 is 0 Å². The molecule has 1 aromatic carbocycles. The summed E-state index contributed by atoms with van der Waals surface area (Å²) >= 11 is 12.0. The van der Waals surface area contributed by atoms with Crippen LogP contribution >= 0.6 is 23.2 Å². The summed E-state index contributed by atoms with van der Waals surface area (Å²) < 4.78 is 0. The Morgan fingerprint density at radius 2 is 2.04 bits per heavy atom. The first kappa shape index (κ1) is 17.5. The largest absolute Gasteiger partial charge is 0.354 e. The number of aromatic nitrogens is 2. The Labute approximate surface area is 145 Å². The molecule has 0 aliphatic carbocycles. The van der Waals surface area contributed by atoms with Crippen LogP contribution in [-0.4, -0.2) is 28.5 Å². The molecule has 1 aromatic heterocycles. The third-order valence-corrected chi connectivity index (χ3v) is 3.59. The van der Waals surface area contributed by atoms with Crippen molar-refractivity contribution in [1.82, 2.24) is 15.3 Å². The van der Waals surface area contributed by atoms with Gasteiger partial charge in [0.2, 0.25) is 5.95 Å². The Hall–Kier alpha value is -1.85. The summed E-state index contributed by atoms with van der Waals surface area (Å²) in [7, 11) is 0. The molecule has 2 rings (SSSR count). The van der Waals surface area contributed by atoms with Gasteiger partial charge in [-0.2, -0.15) is 0 Å². The fourth-order valence-electron chi connectivity index (χ4n) is 1.94. The fourth-order valence-corrected chi connectivity index (χ4v) is 2.44. The fraction of sp³-hybridized carbons (Fsp3) is 0.312. The van der Waals surface area contributed by atoms with Crippen LogP contribution in [-0.2, 0) is 6.42 Å². The second-order valence-corrected chi connectivity index (χ2v) is 6.15. The summed E-state index contributed by atoms with van der Waals surface area (Å²) in [4.78, 5) is 20.2. The average molecular weight is 353 g/mol. The Morgan fingerprint density at radius 3 is 2.74 bits per heavy atom. The van der Waals surface area contributed by atoms with E-state index in [9.17, 15) is 4.79 Å². The molecule has 7 heteroatoms. The molecule has 0 bridgehead atoms. The van der Waals surface area contributed by atoms with Gasteiger partial charge in [-0.1, -0.05) is 29.3 Å². The normalized spacial score (nSPS) is 10.7. The molecule has 0 spiro atoms. The van der Waals surface area contributed by atoms with Crippen molar-refractivity contribution < 1.29 is 4.79 Å². The number of benzene rings is 1. The molecule has 5 nitrogen and oxygen atoms in total. The summed E-state index contributed by atoms with van der Waals surface area (Å²) in [5, 5.41) is 7.12. The zero-order chi connectivity index (χ0) is 16.8. The summed E-state index contributed by atoms with van der Waals surface area (Å²) in [5.41, 5.74) is 1.32. The van der Waals surface area contributed by atoms with E-state index in [-0.39, 0.29) is 11.9 Å². The van der Waals surface area contributed by atoms with Crippen LogP contribution in [0.25, 0.3) is 0 Å². The van der Waals surface area contributed by atoms with Crippen LogP contribution in [0.5, 0.6) is 0 Å². The maximum Gasteiger partial charge on any atom is 0.270 e. The molecular weight excluding hydrogens is 335 g/mol. The maximum absolute atomic E-state index is 11.9. The van der Waals surface area contributed by atoms with Crippen molar-refractivity contribution in [3.63, 3.8) is 0 Å². The van der Waals surface area contributed by atoms with Crippen molar-refractivity contribution in [1.29, 1.82) is 0 Å². The van der Waals surface area contributed by atoms with Gasteiger partial charge in [0.25, 0.3) is 5.91 Å². The zero-order valence-corrected chi connectivity index (χ0v) is 14.4. The minimum absolute atomic E-state index is 0.0564. The second kappa shape index (κ2) is 8.13. The molecule has 2 aromatic rings. The number of rotatable bonds is 6. The summed E-state index contributed by atoms with van der Waals surface area (Å²) in [6.45, 7) is 4.39. The summed E-state index contributed by atoms with van der Waals surface area (Å²) in [5.74, 6) is 0.192. The number of halogens is 2. The van der Waals surface area contributed by atoms with E-state index in [2.05, 4.69) is 20.6 Å². The van der Waals surface area contributed by atoms with E-state index in [4.69, 9.17) is 23.2 Å². The molecule has 0 fully saturated rings. The first-order chi connectivity index (χ1) is 11.0. The number of amides is 1. The number of carbonyl (C=O) groups excluding carboxylic acids is 1. The van der Waals surface area contributed by atoms with E-state index in [1.54, 1.807) is 24.4 Å². The van der Waals surface area contributed by atoms with Gasteiger partial charge in [0.15, 0.2) is 0 Å². The molecule has 2 N–H and O–H groups in total. The Bertz CT molecular complexity index is 692. The van der Waals surface area contributed by atoms with Gasteiger partial charge in [-0.15, -0.1) is 0 Å². The first-order valence-corrected chi connectivity index (χ1v) is 8.03. The van der Waals surface area contributed by atoms with Crippen molar-refractivity contribution in [2.24, 2.45) is 0 Å². The lowest BCUT2D eigenvalue weighted by molar-refractivity contribution is 0.0938.